The Bertz CT molecular complexity index is 1250. The fraction of sp³-hybridized carbons (Fsp3) is 0.310. The van der Waals surface area contributed by atoms with E-state index in [2.05, 4.69) is 104 Å². The van der Waals surface area contributed by atoms with Crippen molar-refractivity contribution in [3.63, 3.8) is 0 Å². The van der Waals surface area contributed by atoms with E-state index in [1.807, 2.05) is 12.1 Å². The van der Waals surface area contributed by atoms with E-state index in [4.69, 9.17) is 4.74 Å². The number of ether oxygens (including phenoxy) is 1. The maximum atomic E-state index is 12.7. The molecule has 1 amide bonds. The van der Waals surface area contributed by atoms with Crippen molar-refractivity contribution in [1.29, 1.82) is 0 Å². The number of carbonyl (C=O) groups is 1. The summed E-state index contributed by atoms with van der Waals surface area (Å²) in [5.74, 6) is 0.618. The second-order valence-corrected chi connectivity index (χ2v) is 9.36. The molecule has 3 aromatic carbocycles. The molecule has 0 saturated carbocycles. The maximum absolute atomic E-state index is 12.7. The number of hydrogen-bond acceptors (Lipinski definition) is 7. The zero-order valence-electron chi connectivity index (χ0n) is 21.5. The minimum atomic E-state index is -0.324. The van der Waals surface area contributed by atoms with E-state index in [0.717, 1.165) is 32.5 Å². The van der Waals surface area contributed by atoms with Crippen LogP contribution in [0.25, 0.3) is 0 Å². The third-order valence-electron chi connectivity index (χ3n) is 6.91. The first-order valence-corrected chi connectivity index (χ1v) is 13.1. The molecule has 3 N–H and O–H groups in total. The molecule has 5 rings (SSSR count). The zero-order valence-corrected chi connectivity index (χ0v) is 21.5. The quantitative estimate of drug-likeness (QED) is 0.311. The molecule has 9 heteroatoms. The lowest BCUT2D eigenvalue weighted by Crippen LogP contribution is -2.51. The minimum Gasteiger partial charge on any atom is -0.475 e. The van der Waals surface area contributed by atoms with Gasteiger partial charge in [-0.1, -0.05) is 78.8 Å². The van der Waals surface area contributed by atoms with Crippen LogP contribution in [0.15, 0.2) is 84.9 Å². The number of rotatable bonds is 9. The number of benzene rings is 3. The summed E-state index contributed by atoms with van der Waals surface area (Å²) < 4.78 is 6.61. The number of hydrogen-bond donors (Lipinski definition) is 3. The summed E-state index contributed by atoms with van der Waals surface area (Å²) in [6, 6.07) is 28.8. The van der Waals surface area contributed by atoms with E-state index in [9.17, 15) is 4.79 Å². The first-order chi connectivity index (χ1) is 18.7. The van der Waals surface area contributed by atoms with E-state index < -0.39 is 0 Å². The third-order valence-corrected chi connectivity index (χ3v) is 6.91. The number of carbonyl (C=O) groups excluding carboxylic acids is 1. The van der Waals surface area contributed by atoms with Crippen molar-refractivity contribution >= 4 is 11.9 Å². The Morgan fingerprint density at radius 2 is 1.79 bits per heavy atom. The van der Waals surface area contributed by atoms with Crippen LogP contribution < -0.4 is 15.4 Å². The van der Waals surface area contributed by atoms with Gasteiger partial charge >= 0.3 is 0 Å². The summed E-state index contributed by atoms with van der Waals surface area (Å²) in [5.41, 5.74) is 3.03. The summed E-state index contributed by atoms with van der Waals surface area (Å²) in [5, 5.41) is 19.7. The molecule has 2 heterocycles. The molecule has 38 heavy (non-hydrogen) atoms. The highest BCUT2D eigenvalue weighted by Gasteiger charge is 2.35. The molecule has 9 nitrogen and oxygen atoms in total. The van der Waals surface area contributed by atoms with Crippen molar-refractivity contribution in [1.82, 2.24) is 30.8 Å². The normalized spacial score (nSPS) is 17.1. The molecule has 0 spiro atoms. The smallest absolute Gasteiger partial charge is 0.270 e. The van der Waals surface area contributed by atoms with Gasteiger partial charge in [0.1, 0.15) is 5.75 Å². The van der Waals surface area contributed by atoms with Crippen LogP contribution in [0.3, 0.4) is 0 Å². The first kappa shape index (κ1) is 25.6. The minimum absolute atomic E-state index is 0.125. The van der Waals surface area contributed by atoms with Gasteiger partial charge < -0.3 is 10.1 Å². The zero-order chi connectivity index (χ0) is 26.2. The number of amides is 1. The highest BCUT2D eigenvalue weighted by Crippen LogP contribution is 2.33. The van der Waals surface area contributed by atoms with Gasteiger partial charge in [0, 0.05) is 30.6 Å². The monoisotopic (exact) mass is 511 g/mol. The molecular weight excluding hydrogens is 478 g/mol. The molecule has 1 fully saturated rings. The Morgan fingerprint density at radius 3 is 2.45 bits per heavy atom. The molecule has 1 aromatic heterocycles. The van der Waals surface area contributed by atoms with Crippen LogP contribution in [0, 0.1) is 0 Å². The summed E-state index contributed by atoms with van der Waals surface area (Å²) in [7, 11) is 0. The molecule has 4 aromatic rings. The van der Waals surface area contributed by atoms with Gasteiger partial charge in [-0.25, -0.2) is 0 Å². The predicted octanol–water partition coefficient (Wildman–Crippen LogP) is 4.06. The molecule has 0 aliphatic carbocycles. The van der Waals surface area contributed by atoms with Gasteiger partial charge in [0.2, 0.25) is 0 Å². The maximum Gasteiger partial charge on any atom is 0.270 e. The average Bonchev–Trinajstić information content (AvgIpc) is 3.36. The van der Waals surface area contributed by atoms with Crippen LogP contribution in [-0.2, 0) is 0 Å². The standard InChI is InChI=1S/C29H33N7O2/c1-2-26(38-24-16-9-15-23(19-24)28(37)31-29-32-34-35-33-29)36-18-10-17-30-20-25(36)27(21-11-5-3-6-12-21)22-13-7-4-8-14-22/h3-9,11-16,19,25-27,30H,2,10,17-18,20H2,1H3,(H2,31,32,33,34,35,37). The summed E-state index contributed by atoms with van der Waals surface area (Å²) in [6.45, 7) is 4.87. The molecule has 2 atom stereocenters. The van der Waals surface area contributed by atoms with Crippen molar-refractivity contribution < 1.29 is 9.53 Å². The van der Waals surface area contributed by atoms with Crippen molar-refractivity contribution in [2.24, 2.45) is 0 Å². The molecule has 196 valence electrons. The molecule has 1 saturated heterocycles. The molecule has 1 aliphatic rings. The van der Waals surface area contributed by atoms with E-state index in [-0.39, 0.29) is 30.0 Å². The van der Waals surface area contributed by atoms with Crippen molar-refractivity contribution in [2.75, 3.05) is 25.0 Å². The van der Waals surface area contributed by atoms with Gasteiger partial charge in [-0.15, -0.1) is 5.10 Å². The molecule has 2 unspecified atom stereocenters. The van der Waals surface area contributed by atoms with Crippen LogP contribution in [-0.4, -0.2) is 63.3 Å². The summed E-state index contributed by atoms with van der Waals surface area (Å²) in [6.07, 6.45) is 1.66. The van der Waals surface area contributed by atoms with Crippen LogP contribution in [0.2, 0.25) is 0 Å². The second kappa shape index (κ2) is 12.4. The first-order valence-electron chi connectivity index (χ1n) is 13.1. The van der Waals surface area contributed by atoms with Gasteiger partial charge in [0.25, 0.3) is 11.9 Å². The Kier molecular flexibility index (Phi) is 8.37. The number of aromatic amines is 1. The number of tetrazole rings is 1. The molecule has 0 bridgehead atoms. The highest BCUT2D eigenvalue weighted by atomic mass is 16.5. The number of anilines is 1. The van der Waals surface area contributed by atoms with Gasteiger partial charge in [0.05, 0.1) is 0 Å². The van der Waals surface area contributed by atoms with Gasteiger partial charge in [-0.2, -0.15) is 5.21 Å². The third kappa shape index (κ3) is 6.07. The van der Waals surface area contributed by atoms with E-state index >= 15 is 0 Å². The SMILES string of the molecule is CCC(Oc1cccc(C(=O)Nc2nn[nH]n2)c1)N1CCCNCC1C(c1ccccc1)c1ccccc1. The van der Waals surface area contributed by atoms with Crippen LogP contribution in [0.1, 0.15) is 47.2 Å². The van der Waals surface area contributed by atoms with Gasteiger partial charge in [0.15, 0.2) is 6.23 Å². The Labute approximate surface area is 222 Å². The lowest BCUT2D eigenvalue weighted by molar-refractivity contribution is -0.00787. The van der Waals surface area contributed by atoms with Crippen LogP contribution in [0.4, 0.5) is 5.95 Å². The number of nitrogens with one attached hydrogen (secondary N) is 3. The second-order valence-electron chi connectivity index (χ2n) is 9.36. The van der Waals surface area contributed by atoms with Crippen molar-refractivity contribution in [2.45, 2.75) is 38.0 Å². The molecule has 0 radical (unpaired) electrons. The lowest BCUT2D eigenvalue weighted by atomic mass is 9.84. The predicted molar refractivity (Wildman–Crippen MR) is 146 cm³/mol. The van der Waals surface area contributed by atoms with Gasteiger partial charge in [-0.05, 0) is 53.9 Å². The number of H-pyrrole nitrogens is 1. The van der Waals surface area contributed by atoms with E-state index in [1.165, 1.54) is 11.1 Å². The van der Waals surface area contributed by atoms with E-state index in [1.54, 1.807) is 12.1 Å². The molecule has 1 aliphatic heterocycles. The van der Waals surface area contributed by atoms with Crippen molar-refractivity contribution in [3.8, 4) is 5.75 Å². The number of nitrogens with zero attached hydrogens (tertiary/aromatic N) is 4. The Morgan fingerprint density at radius 1 is 1.05 bits per heavy atom. The topological polar surface area (TPSA) is 108 Å². The fourth-order valence-corrected chi connectivity index (χ4v) is 5.19. The lowest BCUT2D eigenvalue weighted by Gasteiger charge is -2.40. The number of aromatic nitrogens is 4. The fourth-order valence-electron chi connectivity index (χ4n) is 5.19. The summed E-state index contributed by atoms with van der Waals surface area (Å²) in [4.78, 5) is 15.2. The van der Waals surface area contributed by atoms with Gasteiger partial charge in [-0.3, -0.25) is 15.0 Å². The largest absolute Gasteiger partial charge is 0.475 e. The van der Waals surface area contributed by atoms with Crippen LogP contribution in [0.5, 0.6) is 5.75 Å². The average molecular weight is 512 g/mol. The molecular formula is C29H33N7O2. The summed E-state index contributed by atoms with van der Waals surface area (Å²) >= 11 is 0. The Balaban J connectivity index is 1.42. The van der Waals surface area contributed by atoms with Crippen LogP contribution >= 0.6 is 0 Å². The van der Waals surface area contributed by atoms with E-state index in [0.29, 0.717) is 11.3 Å². The Hall–Kier alpha value is -4.08. The van der Waals surface area contributed by atoms with Crippen molar-refractivity contribution in [3.05, 3.63) is 102 Å². The highest BCUT2D eigenvalue weighted by molar-refractivity contribution is 6.03.